The van der Waals surface area contributed by atoms with Crippen molar-refractivity contribution in [1.82, 2.24) is 10.2 Å². The molecule has 2 fully saturated rings. The van der Waals surface area contributed by atoms with Gasteiger partial charge in [-0.3, -0.25) is 0 Å². The van der Waals surface area contributed by atoms with Crippen LogP contribution in [0.15, 0.2) is 0 Å². The third-order valence-electron chi connectivity index (χ3n) is 3.82. The molecule has 2 aliphatic rings. The summed E-state index contributed by atoms with van der Waals surface area (Å²) in [4.78, 5) is 2.61. The molecule has 0 radical (unpaired) electrons. The summed E-state index contributed by atoms with van der Waals surface area (Å²) in [5, 5.41) is 3.57. The summed E-state index contributed by atoms with van der Waals surface area (Å²) < 4.78 is 0. The third kappa shape index (κ3) is 2.29. The van der Waals surface area contributed by atoms with Crippen LogP contribution in [0.3, 0.4) is 0 Å². The van der Waals surface area contributed by atoms with E-state index in [1.165, 1.54) is 39.0 Å². The fraction of sp³-hybridized carbons (Fsp3) is 1.00. The molecular formula is C12H24N2. The van der Waals surface area contributed by atoms with Crippen LogP contribution in [-0.4, -0.2) is 37.1 Å². The first-order valence-electron chi connectivity index (χ1n) is 6.01. The molecule has 0 aliphatic carbocycles. The number of nitrogens with one attached hydrogen (secondary N) is 1. The molecule has 14 heavy (non-hydrogen) atoms. The second-order valence-corrected chi connectivity index (χ2v) is 6.07. The molecule has 0 aromatic rings. The fourth-order valence-corrected chi connectivity index (χ4v) is 2.49. The van der Waals surface area contributed by atoms with Gasteiger partial charge in [0.2, 0.25) is 0 Å². The predicted molar refractivity (Wildman–Crippen MR) is 60.4 cm³/mol. The first kappa shape index (κ1) is 10.4. The van der Waals surface area contributed by atoms with Crippen molar-refractivity contribution in [1.29, 1.82) is 0 Å². The molecule has 2 nitrogen and oxygen atoms in total. The molecule has 0 aromatic heterocycles. The summed E-state index contributed by atoms with van der Waals surface area (Å²) >= 11 is 0. The monoisotopic (exact) mass is 196 g/mol. The zero-order valence-electron chi connectivity index (χ0n) is 9.84. The molecule has 2 aliphatic heterocycles. The highest BCUT2D eigenvalue weighted by Crippen LogP contribution is 2.33. The van der Waals surface area contributed by atoms with Gasteiger partial charge in [0.05, 0.1) is 0 Å². The number of nitrogens with zero attached hydrogens (tertiary/aromatic N) is 1. The van der Waals surface area contributed by atoms with E-state index in [4.69, 9.17) is 0 Å². The molecule has 0 aromatic carbocycles. The smallest absolute Gasteiger partial charge is 0.0195 e. The van der Waals surface area contributed by atoms with Gasteiger partial charge in [-0.1, -0.05) is 20.8 Å². The molecule has 2 saturated heterocycles. The van der Waals surface area contributed by atoms with E-state index in [0.29, 0.717) is 5.41 Å². The Morgan fingerprint density at radius 1 is 1.29 bits per heavy atom. The minimum atomic E-state index is 0.513. The van der Waals surface area contributed by atoms with E-state index in [1.54, 1.807) is 0 Å². The normalized spacial score (nSPS) is 30.6. The van der Waals surface area contributed by atoms with Gasteiger partial charge in [0.1, 0.15) is 0 Å². The van der Waals surface area contributed by atoms with E-state index in [1.807, 2.05) is 0 Å². The lowest BCUT2D eigenvalue weighted by molar-refractivity contribution is 0.0197. The third-order valence-corrected chi connectivity index (χ3v) is 3.82. The maximum atomic E-state index is 3.57. The Bertz CT molecular complexity index is 183. The quantitative estimate of drug-likeness (QED) is 0.723. The lowest BCUT2D eigenvalue weighted by atomic mass is 9.76. The topological polar surface area (TPSA) is 15.3 Å². The van der Waals surface area contributed by atoms with Crippen molar-refractivity contribution in [3.8, 4) is 0 Å². The zero-order chi connectivity index (χ0) is 10.2. The summed E-state index contributed by atoms with van der Waals surface area (Å²) in [6.45, 7) is 12.3. The minimum absolute atomic E-state index is 0.513. The number of likely N-dealkylation sites (tertiary alicyclic amines) is 1. The van der Waals surface area contributed by atoms with Crippen molar-refractivity contribution in [2.24, 2.45) is 11.3 Å². The van der Waals surface area contributed by atoms with E-state index in [0.717, 1.165) is 12.0 Å². The summed E-state index contributed by atoms with van der Waals surface area (Å²) in [5.74, 6) is 0.920. The Morgan fingerprint density at radius 3 is 2.50 bits per heavy atom. The van der Waals surface area contributed by atoms with Crippen LogP contribution in [0.5, 0.6) is 0 Å². The van der Waals surface area contributed by atoms with Gasteiger partial charge in [-0.15, -0.1) is 0 Å². The van der Waals surface area contributed by atoms with Gasteiger partial charge in [0.25, 0.3) is 0 Å². The Hall–Kier alpha value is -0.0800. The average molecular weight is 196 g/mol. The molecule has 2 rings (SSSR count). The van der Waals surface area contributed by atoms with Gasteiger partial charge in [-0.05, 0) is 30.7 Å². The molecule has 2 heteroatoms. The van der Waals surface area contributed by atoms with Gasteiger partial charge in [-0.25, -0.2) is 0 Å². The van der Waals surface area contributed by atoms with Crippen LogP contribution in [0, 0.1) is 11.3 Å². The second kappa shape index (κ2) is 3.82. The van der Waals surface area contributed by atoms with E-state index >= 15 is 0 Å². The van der Waals surface area contributed by atoms with Crippen LogP contribution >= 0.6 is 0 Å². The average Bonchev–Trinajstić information content (AvgIpc) is 2.44. The molecular weight excluding hydrogens is 172 g/mol. The van der Waals surface area contributed by atoms with Crippen molar-refractivity contribution < 1.29 is 0 Å². The standard InChI is InChI=1S/C12H24N2/c1-12(2,3)10-7-14(8-10)9-11-5-4-6-13-11/h10-11,13H,4-9H2,1-3H3. The van der Waals surface area contributed by atoms with Crippen molar-refractivity contribution in [3.63, 3.8) is 0 Å². The number of hydrogen-bond donors (Lipinski definition) is 1. The van der Waals surface area contributed by atoms with Crippen LogP contribution in [0.1, 0.15) is 33.6 Å². The van der Waals surface area contributed by atoms with Crippen molar-refractivity contribution in [3.05, 3.63) is 0 Å². The van der Waals surface area contributed by atoms with Gasteiger partial charge >= 0.3 is 0 Å². The number of hydrogen-bond acceptors (Lipinski definition) is 2. The van der Waals surface area contributed by atoms with Crippen molar-refractivity contribution >= 4 is 0 Å². The summed E-state index contributed by atoms with van der Waals surface area (Å²) in [5.41, 5.74) is 0.513. The fourth-order valence-electron chi connectivity index (χ4n) is 2.49. The van der Waals surface area contributed by atoms with Crippen LogP contribution in [0.25, 0.3) is 0 Å². The second-order valence-electron chi connectivity index (χ2n) is 6.07. The van der Waals surface area contributed by atoms with Crippen LogP contribution in [0.4, 0.5) is 0 Å². The van der Waals surface area contributed by atoms with E-state index in [9.17, 15) is 0 Å². The lowest BCUT2D eigenvalue weighted by Gasteiger charge is -2.47. The van der Waals surface area contributed by atoms with Gasteiger partial charge in [0, 0.05) is 25.7 Å². The van der Waals surface area contributed by atoms with E-state index in [2.05, 4.69) is 31.0 Å². The van der Waals surface area contributed by atoms with Crippen molar-refractivity contribution in [2.75, 3.05) is 26.2 Å². The summed E-state index contributed by atoms with van der Waals surface area (Å²) in [6.07, 6.45) is 2.76. The Kier molecular flexibility index (Phi) is 2.85. The number of rotatable bonds is 2. The SMILES string of the molecule is CC(C)(C)C1CN(CC2CCCN2)C1. The molecule has 1 atom stereocenters. The highest BCUT2D eigenvalue weighted by Gasteiger charge is 2.36. The predicted octanol–water partition coefficient (Wildman–Crippen LogP) is 1.72. The zero-order valence-corrected chi connectivity index (χ0v) is 9.84. The van der Waals surface area contributed by atoms with Crippen LogP contribution < -0.4 is 5.32 Å². The Balaban J connectivity index is 1.67. The van der Waals surface area contributed by atoms with Crippen LogP contribution in [0.2, 0.25) is 0 Å². The van der Waals surface area contributed by atoms with E-state index < -0.39 is 0 Å². The highest BCUT2D eigenvalue weighted by atomic mass is 15.2. The molecule has 0 amide bonds. The first-order chi connectivity index (χ1) is 6.55. The molecule has 0 spiro atoms. The molecule has 1 unspecified atom stereocenters. The van der Waals surface area contributed by atoms with Crippen molar-refractivity contribution in [2.45, 2.75) is 39.7 Å². The Morgan fingerprint density at radius 2 is 2.00 bits per heavy atom. The molecule has 0 bridgehead atoms. The molecule has 1 N–H and O–H groups in total. The Labute approximate surface area is 88.1 Å². The van der Waals surface area contributed by atoms with Gasteiger partial charge in [0.15, 0.2) is 0 Å². The maximum absolute atomic E-state index is 3.57. The minimum Gasteiger partial charge on any atom is -0.313 e. The molecule has 82 valence electrons. The largest absolute Gasteiger partial charge is 0.313 e. The summed E-state index contributed by atoms with van der Waals surface area (Å²) in [7, 11) is 0. The lowest BCUT2D eigenvalue weighted by Crippen LogP contribution is -2.55. The highest BCUT2D eigenvalue weighted by molar-refractivity contribution is 4.90. The first-order valence-corrected chi connectivity index (χ1v) is 6.01. The maximum Gasteiger partial charge on any atom is 0.0195 e. The molecule has 0 saturated carbocycles. The van der Waals surface area contributed by atoms with E-state index in [-0.39, 0.29) is 0 Å². The van der Waals surface area contributed by atoms with Gasteiger partial charge < -0.3 is 10.2 Å². The van der Waals surface area contributed by atoms with Gasteiger partial charge in [-0.2, -0.15) is 0 Å². The summed E-state index contributed by atoms with van der Waals surface area (Å²) in [6, 6.07) is 0.788. The molecule has 2 heterocycles. The van der Waals surface area contributed by atoms with Crippen LogP contribution in [-0.2, 0) is 0 Å².